The van der Waals surface area contributed by atoms with Gasteiger partial charge in [-0.3, -0.25) is 9.78 Å². The molecule has 0 spiro atoms. The Labute approximate surface area is 117 Å². The van der Waals surface area contributed by atoms with Crippen LogP contribution in [0.4, 0.5) is 5.69 Å². The molecule has 2 rings (SSSR count). The van der Waals surface area contributed by atoms with Crippen molar-refractivity contribution in [1.82, 2.24) is 4.98 Å². The van der Waals surface area contributed by atoms with E-state index in [-0.39, 0.29) is 5.91 Å². The summed E-state index contributed by atoms with van der Waals surface area (Å²) in [5.41, 5.74) is 7.10. The van der Waals surface area contributed by atoms with Crippen LogP contribution in [0.2, 0.25) is 5.02 Å². The van der Waals surface area contributed by atoms with E-state index in [1.807, 2.05) is 19.1 Å². The number of aromatic nitrogens is 1. The van der Waals surface area contributed by atoms with Crippen LogP contribution >= 0.6 is 11.6 Å². The van der Waals surface area contributed by atoms with E-state index in [2.05, 4.69) is 10.3 Å². The van der Waals surface area contributed by atoms with E-state index in [0.717, 1.165) is 11.8 Å². The Kier molecular flexibility index (Phi) is 4.35. The number of nitrogens with two attached hydrogens (primary N) is 1. The third-order valence-electron chi connectivity index (χ3n) is 2.91. The van der Waals surface area contributed by atoms with E-state index >= 15 is 0 Å². The van der Waals surface area contributed by atoms with E-state index in [1.54, 1.807) is 18.3 Å². The van der Waals surface area contributed by atoms with Crippen molar-refractivity contribution in [1.29, 1.82) is 0 Å². The molecule has 0 bridgehead atoms. The molecular formula is C14H16ClN3O. The molecule has 0 radical (unpaired) electrons. The number of nitrogens with zero attached hydrogens (tertiary/aromatic N) is 1. The highest BCUT2D eigenvalue weighted by Crippen LogP contribution is 2.27. The third kappa shape index (κ3) is 3.03. The zero-order chi connectivity index (χ0) is 13.8. The Bertz CT molecular complexity index is 600. The molecule has 1 aromatic carbocycles. The fourth-order valence-electron chi connectivity index (χ4n) is 1.91. The Balaban J connectivity index is 2.31. The number of rotatable bonds is 4. The van der Waals surface area contributed by atoms with Gasteiger partial charge in [0.2, 0.25) is 5.91 Å². The molecule has 3 N–H and O–H groups in total. The molecule has 4 nitrogen and oxygen atoms in total. The molecule has 0 saturated heterocycles. The maximum absolute atomic E-state index is 11.9. The van der Waals surface area contributed by atoms with Crippen molar-refractivity contribution in [3.05, 3.63) is 35.5 Å². The average molecular weight is 278 g/mol. The van der Waals surface area contributed by atoms with Crippen LogP contribution in [0.25, 0.3) is 10.9 Å². The average Bonchev–Trinajstić information content (AvgIpc) is 2.42. The molecular weight excluding hydrogens is 262 g/mol. The van der Waals surface area contributed by atoms with Crippen LogP contribution in [0, 0.1) is 0 Å². The van der Waals surface area contributed by atoms with Crippen LogP contribution in [-0.2, 0) is 4.79 Å². The Morgan fingerprint density at radius 1 is 1.47 bits per heavy atom. The van der Waals surface area contributed by atoms with Crippen molar-refractivity contribution >= 4 is 34.1 Å². The highest BCUT2D eigenvalue weighted by molar-refractivity contribution is 6.35. The lowest BCUT2D eigenvalue weighted by atomic mass is 10.1. The summed E-state index contributed by atoms with van der Waals surface area (Å²) < 4.78 is 0. The number of fused-ring (bicyclic) bond motifs is 1. The molecule has 100 valence electrons. The minimum Gasteiger partial charge on any atom is -0.323 e. The molecule has 0 fully saturated rings. The number of amides is 1. The SMILES string of the molecule is CCC[C@H](N)C(=O)Nc1ccc(Cl)c2cccnc12. The number of hydrogen-bond donors (Lipinski definition) is 2. The molecule has 1 atom stereocenters. The third-order valence-corrected chi connectivity index (χ3v) is 3.24. The summed E-state index contributed by atoms with van der Waals surface area (Å²) in [5, 5.41) is 4.23. The zero-order valence-corrected chi connectivity index (χ0v) is 11.4. The summed E-state index contributed by atoms with van der Waals surface area (Å²) in [6, 6.07) is 6.66. The number of hydrogen-bond acceptors (Lipinski definition) is 3. The van der Waals surface area contributed by atoms with Gasteiger partial charge in [0.1, 0.15) is 0 Å². The monoisotopic (exact) mass is 277 g/mol. The molecule has 0 unspecified atom stereocenters. The topological polar surface area (TPSA) is 68.0 Å². The summed E-state index contributed by atoms with van der Waals surface area (Å²) in [6.07, 6.45) is 3.19. The van der Waals surface area contributed by atoms with Crippen molar-refractivity contribution in [3.63, 3.8) is 0 Å². The summed E-state index contributed by atoms with van der Waals surface area (Å²) >= 11 is 6.10. The standard InChI is InChI=1S/C14H16ClN3O/c1-2-4-11(16)14(19)18-12-7-6-10(15)9-5-3-8-17-13(9)12/h3,5-8,11H,2,4,16H2,1H3,(H,18,19)/t11-/m0/s1. The first-order chi connectivity index (χ1) is 9.13. The summed E-state index contributed by atoms with van der Waals surface area (Å²) in [5.74, 6) is -0.198. The molecule has 2 aromatic rings. The van der Waals surface area contributed by atoms with Crippen molar-refractivity contribution < 1.29 is 4.79 Å². The van der Waals surface area contributed by atoms with E-state index in [4.69, 9.17) is 17.3 Å². The molecule has 19 heavy (non-hydrogen) atoms. The van der Waals surface area contributed by atoms with Gasteiger partial charge in [0, 0.05) is 11.6 Å². The molecule has 1 aromatic heterocycles. The maximum atomic E-state index is 11.9. The molecule has 0 aliphatic carbocycles. The van der Waals surface area contributed by atoms with E-state index in [9.17, 15) is 4.79 Å². The molecule has 0 aliphatic rings. The van der Waals surface area contributed by atoms with Gasteiger partial charge in [0.15, 0.2) is 0 Å². The number of anilines is 1. The fraction of sp³-hybridized carbons (Fsp3) is 0.286. The number of carbonyl (C=O) groups is 1. The fourth-order valence-corrected chi connectivity index (χ4v) is 2.12. The first kappa shape index (κ1) is 13.8. The normalized spacial score (nSPS) is 12.4. The molecule has 0 aliphatic heterocycles. The second-order valence-corrected chi connectivity index (χ2v) is 4.79. The Morgan fingerprint density at radius 2 is 2.26 bits per heavy atom. The lowest BCUT2D eigenvalue weighted by Gasteiger charge is -2.13. The predicted octanol–water partition coefficient (Wildman–Crippen LogP) is 2.95. The van der Waals surface area contributed by atoms with Crippen molar-refractivity contribution in [2.24, 2.45) is 5.73 Å². The molecule has 5 heteroatoms. The second kappa shape index (κ2) is 5.99. The summed E-state index contributed by atoms with van der Waals surface area (Å²) in [4.78, 5) is 16.2. The predicted molar refractivity (Wildman–Crippen MR) is 78.3 cm³/mol. The number of halogens is 1. The van der Waals surface area contributed by atoms with Crippen molar-refractivity contribution in [2.45, 2.75) is 25.8 Å². The number of benzene rings is 1. The molecule has 1 heterocycles. The minimum absolute atomic E-state index is 0.198. The first-order valence-corrected chi connectivity index (χ1v) is 6.61. The summed E-state index contributed by atoms with van der Waals surface area (Å²) in [6.45, 7) is 1.99. The minimum atomic E-state index is -0.501. The van der Waals surface area contributed by atoms with Gasteiger partial charge < -0.3 is 11.1 Å². The second-order valence-electron chi connectivity index (χ2n) is 4.38. The van der Waals surface area contributed by atoms with Gasteiger partial charge in [0.25, 0.3) is 0 Å². The lowest BCUT2D eigenvalue weighted by Crippen LogP contribution is -2.35. The van der Waals surface area contributed by atoms with Gasteiger partial charge in [-0.25, -0.2) is 0 Å². The van der Waals surface area contributed by atoms with Gasteiger partial charge in [-0.15, -0.1) is 0 Å². The van der Waals surface area contributed by atoms with Crippen LogP contribution in [0.1, 0.15) is 19.8 Å². The van der Waals surface area contributed by atoms with E-state index in [0.29, 0.717) is 22.6 Å². The van der Waals surface area contributed by atoms with Crippen molar-refractivity contribution in [2.75, 3.05) is 5.32 Å². The molecule has 1 amide bonds. The van der Waals surface area contributed by atoms with Gasteiger partial charge in [0.05, 0.1) is 22.3 Å². The Morgan fingerprint density at radius 3 is 3.00 bits per heavy atom. The maximum Gasteiger partial charge on any atom is 0.241 e. The van der Waals surface area contributed by atoms with Crippen molar-refractivity contribution in [3.8, 4) is 0 Å². The quantitative estimate of drug-likeness (QED) is 0.903. The Hall–Kier alpha value is -1.65. The zero-order valence-electron chi connectivity index (χ0n) is 10.7. The number of nitrogens with one attached hydrogen (secondary N) is 1. The van der Waals surface area contributed by atoms with Gasteiger partial charge in [-0.1, -0.05) is 24.9 Å². The van der Waals surface area contributed by atoms with Gasteiger partial charge in [-0.05, 0) is 30.7 Å². The number of pyridine rings is 1. The highest BCUT2D eigenvalue weighted by atomic mass is 35.5. The smallest absolute Gasteiger partial charge is 0.241 e. The molecule has 0 saturated carbocycles. The van der Waals surface area contributed by atoms with E-state index < -0.39 is 6.04 Å². The first-order valence-electron chi connectivity index (χ1n) is 6.23. The highest BCUT2D eigenvalue weighted by Gasteiger charge is 2.14. The summed E-state index contributed by atoms with van der Waals surface area (Å²) in [7, 11) is 0. The number of carbonyl (C=O) groups excluding carboxylic acids is 1. The van der Waals surface area contributed by atoms with Crippen LogP contribution < -0.4 is 11.1 Å². The lowest BCUT2D eigenvalue weighted by molar-refractivity contribution is -0.117. The van der Waals surface area contributed by atoms with Gasteiger partial charge >= 0.3 is 0 Å². The van der Waals surface area contributed by atoms with Crippen LogP contribution in [0.3, 0.4) is 0 Å². The van der Waals surface area contributed by atoms with Crippen LogP contribution in [-0.4, -0.2) is 16.9 Å². The largest absolute Gasteiger partial charge is 0.323 e. The van der Waals surface area contributed by atoms with Crippen LogP contribution in [0.15, 0.2) is 30.5 Å². The van der Waals surface area contributed by atoms with Crippen LogP contribution in [0.5, 0.6) is 0 Å². The van der Waals surface area contributed by atoms with E-state index in [1.165, 1.54) is 0 Å². The van der Waals surface area contributed by atoms with Gasteiger partial charge in [-0.2, -0.15) is 0 Å².